The van der Waals surface area contributed by atoms with Crippen LogP contribution in [0.1, 0.15) is 12.0 Å². The van der Waals surface area contributed by atoms with Crippen LogP contribution in [0.3, 0.4) is 0 Å². The number of nitrogens with one attached hydrogen (secondary N) is 1. The highest BCUT2D eigenvalue weighted by molar-refractivity contribution is 7.89. The van der Waals surface area contributed by atoms with Gasteiger partial charge in [-0.2, -0.15) is 0 Å². The van der Waals surface area contributed by atoms with Crippen LogP contribution in [0.15, 0.2) is 23.4 Å². The molecule has 0 bridgehead atoms. The number of aromatic nitrogens is 1. The van der Waals surface area contributed by atoms with Gasteiger partial charge in [-0.3, -0.25) is 0 Å². The molecule has 1 aromatic heterocycles. The molecular weight excluding hydrogens is 264 g/mol. The van der Waals surface area contributed by atoms with Gasteiger partial charge in [0.05, 0.1) is 0 Å². The Balaban J connectivity index is 1.97. The molecule has 106 valence electrons. The van der Waals surface area contributed by atoms with E-state index >= 15 is 0 Å². The van der Waals surface area contributed by atoms with E-state index in [1.54, 1.807) is 6.07 Å². The molecule has 1 fully saturated rings. The number of nitrogens with two attached hydrogens (primary N) is 1. The maximum atomic E-state index is 12.1. The maximum Gasteiger partial charge on any atom is 0.258 e. The molecule has 1 unspecified atom stereocenters. The van der Waals surface area contributed by atoms with Crippen molar-refractivity contribution in [2.24, 2.45) is 11.7 Å². The van der Waals surface area contributed by atoms with E-state index in [-0.39, 0.29) is 5.03 Å². The number of nitrogens with zero attached hydrogens (tertiary/aromatic N) is 2. The lowest BCUT2D eigenvalue weighted by atomic mass is 10.1. The van der Waals surface area contributed by atoms with Crippen LogP contribution < -0.4 is 10.5 Å². The number of pyridine rings is 1. The van der Waals surface area contributed by atoms with Gasteiger partial charge in [-0.05, 0) is 37.6 Å². The Morgan fingerprint density at radius 2 is 2.32 bits per heavy atom. The minimum absolute atomic E-state index is 0.0519. The van der Waals surface area contributed by atoms with E-state index in [4.69, 9.17) is 5.73 Å². The minimum atomic E-state index is -3.51. The third kappa shape index (κ3) is 3.73. The summed E-state index contributed by atoms with van der Waals surface area (Å²) in [5.41, 5.74) is 6.27. The van der Waals surface area contributed by atoms with Gasteiger partial charge < -0.3 is 10.6 Å². The van der Waals surface area contributed by atoms with E-state index in [2.05, 4.69) is 14.6 Å². The molecule has 1 aliphatic heterocycles. The summed E-state index contributed by atoms with van der Waals surface area (Å²) in [6.45, 7) is 2.78. The Kier molecular flexibility index (Phi) is 4.51. The van der Waals surface area contributed by atoms with Gasteiger partial charge in [-0.25, -0.2) is 18.1 Å². The number of rotatable bonds is 5. The molecule has 1 aliphatic rings. The highest BCUT2D eigenvalue weighted by atomic mass is 32.2. The van der Waals surface area contributed by atoms with E-state index < -0.39 is 10.0 Å². The predicted molar refractivity (Wildman–Crippen MR) is 72.9 cm³/mol. The van der Waals surface area contributed by atoms with Gasteiger partial charge in [0.1, 0.15) is 0 Å². The Bertz CT molecular complexity index is 515. The fourth-order valence-electron chi connectivity index (χ4n) is 2.19. The smallest absolute Gasteiger partial charge is 0.258 e. The average molecular weight is 284 g/mol. The van der Waals surface area contributed by atoms with Crippen molar-refractivity contribution in [1.29, 1.82) is 0 Å². The van der Waals surface area contributed by atoms with Crippen LogP contribution in [0.4, 0.5) is 0 Å². The van der Waals surface area contributed by atoms with E-state index in [9.17, 15) is 8.42 Å². The first-order valence-electron chi connectivity index (χ1n) is 6.34. The van der Waals surface area contributed by atoms with Gasteiger partial charge in [0.25, 0.3) is 10.0 Å². The summed E-state index contributed by atoms with van der Waals surface area (Å²) in [7, 11) is -1.47. The summed E-state index contributed by atoms with van der Waals surface area (Å²) in [5.74, 6) is 0.378. The van der Waals surface area contributed by atoms with Crippen LogP contribution in [0.5, 0.6) is 0 Å². The molecule has 1 aromatic rings. The Morgan fingerprint density at radius 3 is 2.84 bits per heavy atom. The van der Waals surface area contributed by atoms with Crippen LogP contribution >= 0.6 is 0 Å². The highest BCUT2D eigenvalue weighted by Gasteiger charge is 2.22. The summed E-state index contributed by atoms with van der Waals surface area (Å²) < 4.78 is 26.7. The van der Waals surface area contributed by atoms with Gasteiger partial charge in [0, 0.05) is 25.8 Å². The van der Waals surface area contributed by atoms with Crippen LogP contribution in [0.2, 0.25) is 0 Å². The Morgan fingerprint density at radius 1 is 1.53 bits per heavy atom. The molecule has 1 saturated heterocycles. The fraction of sp³-hybridized carbons (Fsp3) is 0.583. The number of likely N-dealkylation sites (tertiary alicyclic amines) is 1. The number of hydrogen-bond acceptors (Lipinski definition) is 5. The second-order valence-corrected chi connectivity index (χ2v) is 6.69. The first-order chi connectivity index (χ1) is 9.01. The normalized spacial score (nSPS) is 20.8. The van der Waals surface area contributed by atoms with Gasteiger partial charge in [0.15, 0.2) is 5.03 Å². The summed E-state index contributed by atoms with van der Waals surface area (Å²) in [6, 6.07) is 3.18. The van der Waals surface area contributed by atoms with Crippen molar-refractivity contribution in [2.45, 2.75) is 18.0 Å². The molecule has 6 nitrogen and oxygen atoms in total. The minimum Gasteiger partial charge on any atom is -0.326 e. The van der Waals surface area contributed by atoms with Gasteiger partial charge in [-0.1, -0.05) is 6.07 Å². The molecular formula is C12H20N4O2S. The Labute approximate surface area is 114 Å². The number of hydrogen-bond donors (Lipinski definition) is 2. The first kappa shape index (κ1) is 14.4. The highest BCUT2D eigenvalue weighted by Crippen LogP contribution is 2.14. The second kappa shape index (κ2) is 5.96. The average Bonchev–Trinajstić information content (AvgIpc) is 2.82. The molecule has 0 amide bonds. The van der Waals surface area contributed by atoms with Crippen molar-refractivity contribution in [1.82, 2.24) is 14.6 Å². The summed E-state index contributed by atoms with van der Waals surface area (Å²) in [4.78, 5) is 6.14. The molecule has 19 heavy (non-hydrogen) atoms. The quantitative estimate of drug-likeness (QED) is 0.780. The van der Waals surface area contributed by atoms with Crippen molar-refractivity contribution in [3.63, 3.8) is 0 Å². The lowest BCUT2D eigenvalue weighted by Crippen LogP contribution is -2.31. The zero-order chi connectivity index (χ0) is 13.9. The molecule has 0 radical (unpaired) electrons. The summed E-state index contributed by atoms with van der Waals surface area (Å²) in [5, 5.41) is 0.0519. The van der Waals surface area contributed by atoms with E-state index in [0.717, 1.165) is 25.1 Å². The summed E-state index contributed by atoms with van der Waals surface area (Å²) in [6.07, 6.45) is 2.52. The van der Waals surface area contributed by atoms with Crippen molar-refractivity contribution < 1.29 is 8.42 Å². The molecule has 7 heteroatoms. The summed E-state index contributed by atoms with van der Waals surface area (Å²) >= 11 is 0. The lowest BCUT2D eigenvalue weighted by molar-refractivity contribution is 0.394. The molecule has 3 N–H and O–H groups in total. The van der Waals surface area contributed by atoms with Crippen LogP contribution in [0.25, 0.3) is 0 Å². The van der Waals surface area contributed by atoms with E-state index in [1.807, 2.05) is 7.05 Å². The van der Waals surface area contributed by atoms with E-state index in [0.29, 0.717) is 19.0 Å². The third-order valence-corrected chi connectivity index (χ3v) is 4.70. The Hall–Kier alpha value is -1.02. The van der Waals surface area contributed by atoms with Crippen molar-refractivity contribution >= 4 is 10.0 Å². The van der Waals surface area contributed by atoms with Crippen molar-refractivity contribution in [2.75, 3.05) is 26.7 Å². The molecule has 0 aliphatic carbocycles. The largest absolute Gasteiger partial charge is 0.326 e. The topological polar surface area (TPSA) is 88.3 Å². The van der Waals surface area contributed by atoms with Crippen molar-refractivity contribution in [3.8, 4) is 0 Å². The van der Waals surface area contributed by atoms with Crippen LogP contribution in [-0.2, 0) is 16.6 Å². The van der Waals surface area contributed by atoms with Crippen LogP contribution in [0, 0.1) is 5.92 Å². The first-order valence-corrected chi connectivity index (χ1v) is 7.83. The lowest BCUT2D eigenvalue weighted by Gasteiger charge is -2.11. The fourth-order valence-corrected chi connectivity index (χ4v) is 3.23. The van der Waals surface area contributed by atoms with Gasteiger partial charge in [0.2, 0.25) is 0 Å². The molecule has 0 aromatic carbocycles. The van der Waals surface area contributed by atoms with Gasteiger partial charge >= 0.3 is 0 Å². The predicted octanol–water partition coefficient (Wildman–Crippen LogP) is -0.230. The second-order valence-electron chi connectivity index (χ2n) is 4.98. The van der Waals surface area contributed by atoms with E-state index in [1.165, 1.54) is 12.3 Å². The van der Waals surface area contributed by atoms with Crippen LogP contribution in [-0.4, -0.2) is 45.0 Å². The molecule has 2 heterocycles. The molecule has 0 spiro atoms. The maximum absolute atomic E-state index is 12.1. The molecule has 1 atom stereocenters. The molecule has 2 rings (SSSR count). The zero-order valence-corrected chi connectivity index (χ0v) is 11.9. The standard InChI is InChI=1S/C12H20N4O2S/c1-16-5-4-11(9-16)8-15-19(17,18)12-3-2-10(6-13)7-14-12/h2-3,7,11,15H,4-6,8-9,13H2,1H3. The monoisotopic (exact) mass is 284 g/mol. The number of sulfonamides is 1. The molecule has 0 saturated carbocycles. The van der Waals surface area contributed by atoms with Gasteiger partial charge in [-0.15, -0.1) is 0 Å². The zero-order valence-electron chi connectivity index (χ0n) is 11.0. The third-order valence-electron chi connectivity index (χ3n) is 3.36. The van der Waals surface area contributed by atoms with Crippen molar-refractivity contribution in [3.05, 3.63) is 23.9 Å². The SMILES string of the molecule is CN1CCC(CNS(=O)(=O)c2ccc(CN)cn2)C1.